The number of nitrogens with zero attached hydrogens (tertiary/aromatic N) is 1. The maximum absolute atomic E-state index is 2.36. The molecule has 0 aliphatic heterocycles. The minimum Gasteiger partial charge on any atom is -0.310 e. The fourth-order valence-electron chi connectivity index (χ4n) is 6.38. The van der Waals surface area contributed by atoms with Crippen molar-refractivity contribution in [3.05, 3.63) is 163 Å². The van der Waals surface area contributed by atoms with Crippen LogP contribution >= 0.6 is 11.3 Å². The third-order valence-electron chi connectivity index (χ3n) is 8.14. The van der Waals surface area contributed by atoms with Gasteiger partial charge in [-0.25, -0.2) is 0 Å². The molecule has 0 N–H and O–H groups in total. The second kappa shape index (κ2) is 10.3. The number of hydrogen-bond donors (Lipinski definition) is 0. The lowest BCUT2D eigenvalue weighted by molar-refractivity contribution is 1.30. The Morgan fingerprint density at radius 1 is 0.357 bits per heavy atom. The Balaban J connectivity index is 1.45. The number of para-hydroxylation sites is 2. The van der Waals surface area contributed by atoms with Crippen molar-refractivity contribution in [1.29, 1.82) is 0 Å². The van der Waals surface area contributed by atoms with Gasteiger partial charge in [-0.2, -0.15) is 0 Å². The number of anilines is 3. The lowest BCUT2D eigenvalue weighted by Gasteiger charge is -2.27. The van der Waals surface area contributed by atoms with Crippen LogP contribution in [0.3, 0.4) is 0 Å². The van der Waals surface area contributed by atoms with Crippen LogP contribution in [0.4, 0.5) is 17.1 Å². The van der Waals surface area contributed by atoms with Crippen molar-refractivity contribution in [2.24, 2.45) is 0 Å². The van der Waals surface area contributed by atoms with E-state index in [1.54, 1.807) is 11.3 Å². The van der Waals surface area contributed by atoms with Crippen molar-refractivity contribution < 1.29 is 0 Å². The van der Waals surface area contributed by atoms with E-state index >= 15 is 0 Å². The average molecular weight is 554 g/mol. The summed E-state index contributed by atoms with van der Waals surface area (Å²) in [6, 6.07) is 57.0. The number of benzene rings is 7. The van der Waals surface area contributed by atoms with Gasteiger partial charge in [-0.05, 0) is 79.8 Å². The first-order valence-electron chi connectivity index (χ1n) is 14.3. The van der Waals surface area contributed by atoms with Crippen LogP contribution < -0.4 is 4.90 Å². The number of hydrogen-bond acceptors (Lipinski definition) is 2. The van der Waals surface area contributed by atoms with Crippen molar-refractivity contribution in [1.82, 2.24) is 0 Å². The number of fused-ring (bicyclic) bond motifs is 3. The minimum absolute atomic E-state index is 1.14. The summed E-state index contributed by atoms with van der Waals surface area (Å²) < 4.78 is 0. The largest absolute Gasteiger partial charge is 0.310 e. The minimum atomic E-state index is 1.14. The molecule has 8 rings (SSSR count). The predicted molar refractivity (Wildman–Crippen MR) is 182 cm³/mol. The van der Waals surface area contributed by atoms with Gasteiger partial charge < -0.3 is 4.90 Å². The van der Waals surface area contributed by atoms with Gasteiger partial charge in [0, 0.05) is 27.2 Å². The summed E-state index contributed by atoms with van der Waals surface area (Å²) in [7, 11) is 0. The Bertz CT molecular complexity index is 2090. The zero-order valence-electron chi connectivity index (χ0n) is 22.9. The molecule has 0 fully saturated rings. The van der Waals surface area contributed by atoms with E-state index in [2.05, 4.69) is 168 Å². The standard InChI is InChI=1S/C40H27NS/c1-3-14-28(15-4-1)41(29-16-5-2-6-17-29)37-26-25-36(30-18-7-8-19-31(30)37)39-32-20-9-11-22-34(32)40(38-24-13-27-42-38)35-23-12-10-21-33(35)39/h1-27H. The van der Waals surface area contributed by atoms with Crippen molar-refractivity contribution in [3.63, 3.8) is 0 Å². The van der Waals surface area contributed by atoms with E-state index < -0.39 is 0 Å². The van der Waals surface area contributed by atoms with Gasteiger partial charge in [0.15, 0.2) is 0 Å². The molecule has 8 aromatic rings. The lowest BCUT2D eigenvalue weighted by Crippen LogP contribution is -2.10. The van der Waals surface area contributed by atoms with Crippen LogP contribution in [-0.2, 0) is 0 Å². The molecule has 0 unspecified atom stereocenters. The van der Waals surface area contributed by atoms with Crippen LogP contribution in [0.5, 0.6) is 0 Å². The molecule has 0 aliphatic carbocycles. The molecule has 1 nitrogen and oxygen atoms in total. The van der Waals surface area contributed by atoms with Crippen LogP contribution in [0.1, 0.15) is 0 Å². The van der Waals surface area contributed by atoms with Gasteiger partial charge >= 0.3 is 0 Å². The Morgan fingerprint density at radius 3 is 1.36 bits per heavy atom. The van der Waals surface area contributed by atoms with Gasteiger partial charge in [0.25, 0.3) is 0 Å². The highest BCUT2D eigenvalue weighted by Gasteiger charge is 2.21. The van der Waals surface area contributed by atoms with Gasteiger partial charge in [-0.1, -0.05) is 121 Å². The second-order valence-corrected chi connectivity index (χ2v) is 11.5. The van der Waals surface area contributed by atoms with E-state index in [1.165, 1.54) is 53.9 Å². The van der Waals surface area contributed by atoms with Gasteiger partial charge in [-0.15, -0.1) is 11.3 Å². The highest BCUT2D eigenvalue weighted by Crippen LogP contribution is 2.48. The molecule has 0 radical (unpaired) electrons. The van der Waals surface area contributed by atoms with E-state index in [0.29, 0.717) is 0 Å². The molecule has 0 bridgehead atoms. The highest BCUT2D eigenvalue weighted by atomic mass is 32.1. The number of rotatable bonds is 5. The van der Waals surface area contributed by atoms with Crippen LogP contribution in [-0.4, -0.2) is 0 Å². The van der Waals surface area contributed by atoms with Crippen LogP contribution in [0.25, 0.3) is 53.9 Å². The quantitative estimate of drug-likeness (QED) is 0.192. The monoisotopic (exact) mass is 553 g/mol. The van der Waals surface area contributed by atoms with Crippen LogP contribution in [0.15, 0.2) is 163 Å². The molecule has 7 aromatic carbocycles. The SMILES string of the molecule is c1ccc(N(c2ccccc2)c2ccc(-c3c4ccccc4c(-c4cccs4)c4ccccc34)c3ccccc23)cc1. The van der Waals surface area contributed by atoms with Gasteiger partial charge in [0.05, 0.1) is 5.69 Å². The van der Waals surface area contributed by atoms with Crippen molar-refractivity contribution in [2.75, 3.05) is 4.90 Å². The van der Waals surface area contributed by atoms with E-state index in [4.69, 9.17) is 0 Å². The first-order valence-corrected chi connectivity index (χ1v) is 15.2. The van der Waals surface area contributed by atoms with E-state index in [1.807, 2.05) is 0 Å². The zero-order valence-corrected chi connectivity index (χ0v) is 23.8. The predicted octanol–water partition coefficient (Wildman–Crippen LogP) is 12.0. The van der Waals surface area contributed by atoms with Crippen LogP contribution in [0.2, 0.25) is 0 Å². The molecule has 198 valence electrons. The second-order valence-electron chi connectivity index (χ2n) is 10.5. The summed E-state index contributed by atoms with van der Waals surface area (Å²) in [6.45, 7) is 0. The molecule has 1 aromatic heterocycles. The van der Waals surface area contributed by atoms with Gasteiger partial charge in [0.2, 0.25) is 0 Å². The molecule has 0 spiro atoms. The molecule has 0 aliphatic rings. The maximum Gasteiger partial charge on any atom is 0.0540 e. The first-order chi connectivity index (χ1) is 20.9. The Morgan fingerprint density at radius 2 is 0.833 bits per heavy atom. The molecule has 1 heterocycles. The summed E-state index contributed by atoms with van der Waals surface area (Å²) in [5, 5.41) is 9.77. The molecule has 0 saturated carbocycles. The van der Waals surface area contributed by atoms with E-state index in [-0.39, 0.29) is 0 Å². The van der Waals surface area contributed by atoms with E-state index in [9.17, 15) is 0 Å². The smallest absolute Gasteiger partial charge is 0.0540 e. The third-order valence-corrected chi connectivity index (χ3v) is 9.03. The fourth-order valence-corrected chi connectivity index (χ4v) is 7.18. The normalized spacial score (nSPS) is 11.3. The zero-order chi connectivity index (χ0) is 27.9. The molecular formula is C40H27NS. The molecule has 0 atom stereocenters. The summed E-state index contributed by atoms with van der Waals surface area (Å²) >= 11 is 1.81. The lowest BCUT2D eigenvalue weighted by atomic mass is 9.86. The summed E-state index contributed by atoms with van der Waals surface area (Å²) in [6.07, 6.45) is 0. The Kier molecular flexibility index (Phi) is 6.05. The van der Waals surface area contributed by atoms with Crippen LogP contribution in [0, 0.1) is 0 Å². The third kappa shape index (κ3) is 4.00. The molecule has 0 amide bonds. The molecular weight excluding hydrogens is 527 g/mol. The number of thiophene rings is 1. The van der Waals surface area contributed by atoms with E-state index in [0.717, 1.165) is 17.1 Å². The molecule has 0 saturated heterocycles. The fraction of sp³-hybridized carbons (Fsp3) is 0. The van der Waals surface area contributed by atoms with Gasteiger partial charge in [-0.3, -0.25) is 0 Å². The van der Waals surface area contributed by atoms with Crippen molar-refractivity contribution >= 4 is 60.7 Å². The van der Waals surface area contributed by atoms with Gasteiger partial charge in [0.1, 0.15) is 0 Å². The van der Waals surface area contributed by atoms with Crippen molar-refractivity contribution in [2.45, 2.75) is 0 Å². The highest BCUT2D eigenvalue weighted by molar-refractivity contribution is 7.13. The average Bonchev–Trinajstić information content (AvgIpc) is 3.60. The Labute approximate surface area is 249 Å². The molecule has 42 heavy (non-hydrogen) atoms. The molecule has 2 heteroatoms. The summed E-state index contributed by atoms with van der Waals surface area (Å²) in [5.74, 6) is 0. The summed E-state index contributed by atoms with van der Waals surface area (Å²) in [5.41, 5.74) is 7.29. The van der Waals surface area contributed by atoms with Crippen molar-refractivity contribution in [3.8, 4) is 21.6 Å². The topological polar surface area (TPSA) is 3.24 Å². The maximum atomic E-state index is 2.36. The first kappa shape index (κ1) is 24.6. The Hall–Kier alpha value is -5.18. The summed E-state index contributed by atoms with van der Waals surface area (Å²) in [4.78, 5) is 3.66.